The van der Waals surface area contributed by atoms with E-state index >= 15 is 0 Å². The molecular formula is C8H14N2S2. The van der Waals surface area contributed by atoms with Crippen LogP contribution in [0.2, 0.25) is 0 Å². The van der Waals surface area contributed by atoms with Crippen LogP contribution in [0, 0.1) is 0 Å². The maximum absolute atomic E-state index is 4.14. The van der Waals surface area contributed by atoms with E-state index in [0.29, 0.717) is 0 Å². The van der Waals surface area contributed by atoms with Crippen LogP contribution in [0.25, 0.3) is 0 Å². The highest BCUT2D eigenvalue weighted by Gasteiger charge is 1.98. The highest BCUT2D eigenvalue weighted by Crippen LogP contribution is 2.12. The Hall–Kier alpha value is -0.220. The van der Waals surface area contributed by atoms with E-state index in [1.54, 1.807) is 11.3 Å². The predicted molar refractivity (Wildman–Crippen MR) is 58.2 cm³/mol. The van der Waals surface area contributed by atoms with Crippen molar-refractivity contribution in [3.8, 4) is 0 Å². The molecular weight excluding hydrogens is 188 g/mol. The van der Waals surface area contributed by atoms with Crippen molar-refractivity contribution in [2.45, 2.75) is 18.6 Å². The molecule has 1 rings (SSSR count). The van der Waals surface area contributed by atoms with Crippen LogP contribution in [0.4, 0.5) is 5.13 Å². The summed E-state index contributed by atoms with van der Waals surface area (Å²) in [6.45, 7) is 3.27. The van der Waals surface area contributed by atoms with Crippen LogP contribution in [0.5, 0.6) is 0 Å². The predicted octanol–water partition coefficient (Wildman–Crippen LogP) is 2.70. The summed E-state index contributed by atoms with van der Waals surface area (Å²) in [7, 11) is 0. The van der Waals surface area contributed by atoms with Gasteiger partial charge in [-0.3, -0.25) is 0 Å². The number of rotatable bonds is 5. The maximum atomic E-state index is 4.14. The van der Waals surface area contributed by atoms with Gasteiger partial charge in [0.05, 0.1) is 0 Å². The quantitative estimate of drug-likeness (QED) is 0.794. The van der Waals surface area contributed by atoms with Crippen molar-refractivity contribution in [2.75, 3.05) is 18.1 Å². The number of hydrogen-bond acceptors (Lipinski definition) is 4. The van der Waals surface area contributed by atoms with Crippen molar-refractivity contribution >= 4 is 28.2 Å². The number of hydrogen-bond donors (Lipinski definition) is 1. The summed E-state index contributed by atoms with van der Waals surface area (Å²) < 4.78 is 0. The molecule has 12 heavy (non-hydrogen) atoms. The molecule has 1 unspecified atom stereocenters. The van der Waals surface area contributed by atoms with E-state index in [1.807, 2.05) is 23.3 Å². The standard InChI is InChI=1S/C8H14N2S2/c1-7(11-2)3-4-9-8-10-5-6-12-8/h5-7H,3-4H2,1-2H3,(H,9,10). The molecule has 0 aliphatic heterocycles. The molecule has 0 spiro atoms. The van der Waals surface area contributed by atoms with E-state index in [-0.39, 0.29) is 0 Å². The third-order valence-corrected chi connectivity index (χ3v) is 3.43. The van der Waals surface area contributed by atoms with Crippen LogP contribution >= 0.6 is 23.1 Å². The Morgan fingerprint density at radius 1 is 1.75 bits per heavy atom. The van der Waals surface area contributed by atoms with E-state index in [4.69, 9.17) is 0 Å². The highest BCUT2D eigenvalue weighted by molar-refractivity contribution is 7.99. The summed E-state index contributed by atoms with van der Waals surface area (Å²) >= 11 is 3.56. The largest absolute Gasteiger partial charge is 0.361 e. The molecule has 0 aliphatic rings. The van der Waals surface area contributed by atoms with Gasteiger partial charge in [0.1, 0.15) is 0 Å². The minimum Gasteiger partial charge on any atom is -0.361 e. The molecule has 0 saturated carbocycles. The maximum Gasteiger partial charge on any atom is 0.182 e. The fourth-order valence-electron chi connectivity index (χ4n) is 0.811. The second-order valence-electron chi connectivity index (χ2n) is 2.60. The minimum absolute atomic E-state index is 0.734. The number of anilines is 1. The number of nitrogens with zero attached hydrogens (tertiary/aromatic N) is 1. The molecule has 0 radical (unpaired) electrons. The summed E-state index contributed by atoms with van der Waals surface area (Å²) in [4.78, 5) is 4.14. The zero-order chi connectivity index (χ0) is 8.81. The number of thioether (sulfide) groups is 1. The van der Waals surface area contributed by atoms with Crippen LogP contribution in [0.1, 0.15) is 13.3 Å². The smallest absolute Gasteiger partial charge is 0.182 e. The van der Waals surface area contributed by atoms with Gasteiger partial charge < -0.3 is 5.32 Å². The first-order chi connectivity index (χ1) is 5.83. The molecule has 68 valence electrons. The van der Waals surface area contributed by atoms with Gasteiger partial charge in [-0.2, -0.15) is 11.8 Å². The molecule has 2 nitrogen and oxygen atoms in total. The van der Waals surface area contributed by atoms with Crippen molar-refractivity contribution in [3.05, 3.63) is 11.6 Å². The first-order valence-electron chi connectivity index (χ1n) is 3.99. The average Bonchev–Trinajstić information content (AvgIpc) is 2.57. The Bertz CT molecular complexity index is 199. The monoisotopic (exact) mass is 202 g/mol. The van der Waals surface area contributed by atoms with Crippen molar-refractivity contribution in [2.24, 2.45) is 0 Å². The topological polar surface area (TPSA) is 24.9 Å². The summed E-state index contributed by atoms with van der Waals surface area (Å²) in [6, 6.07) is 0. The molecule has 0 aliphatic carbocycles. The van der Waals surface area contributed by atoms with Gasteiger partial charge in [-0.25, -0.2) is 4.98 Å². The molecule has 1 atom stereocenters. The summed E-state index contributed by atoms with van der Waals surface area (Å²) in [5.41, 5.74) is 0. The Balaban J connectivity index is 2.11. The van der Waals surface area contributed by atoms with Crippen LogP contribution < -0.4 is 5.32 Å². The lowest BCUT2D eigenvalue weighted by Crippen LogP contribution is -2.07. The zero-order valence-electron chi connectivity index (χ0n) is 7.41. The third-order valence-electron chi connectivity index (χ3n) is 1.66. The molecule has 1 aromatic rings. The Morgan fingerprint density at radius 3 is 3.17 bits per heavy atom. The molecule has 0 saturated heterocycles. The van der Waals surface area contributed by atoms with Gasteiger partial charge in [0.25, 0.3) is 0 Å². The van der Waals surface area contributed by atoms with Gasteiger partial charge >= 0.3 is 0 Å². The molecule has 1 aromatic heterocycles. The fourth-order valence-corrected chi connectivity index (χ4v) is 1.72. The molecule has 0 fully saturated rings. The van der Waals surface area contributed by atoms with Gasteiger partial charge in [-0.1, -0.05) is 6.92 Å². The van der Waals surface area contributed by atoms with Gasteiger partial charge in [0.15, 0.2) is 5.13 Å². The average molecular weight is 202 g/mol. The van der Waals surface area contributed by atoms with Crippen LogP contribution in [-0.4, -0.2) is 23.0 Å². The zero-order valence-corrected chi connectivity index (χ0v) is 9.04. The van der Waals surface area contributed by atoms with Crippen LogP contribution in [0.3, 0.4) is 0 Å². The molecule has 1 heterocycles. The van der Waals surface area contributed by atoms with E-state index in [2.05, 4.69) is 23.5 Å². The van der Waals surface area contributed by atoms with E-state index in [0.717, 1.165) is 16.9 Å². The van der Waals surface area contributed by atoms with Crippen LogP contribution in [0.15, 0.2) is 11.6 Å². The lowest BCUT2D eigenvalue weighted by atomic mass is 10.3. The van der Waals surface area contributed by atoms with Crippen molar-refractivity contribution in [1.82, 2.24) is 4.98 Å². The van der Waals surface area contributed by atoms with Gasteiger partial charge in [0.2, 0.25) is 0 Å². The lowest BCUT2D eigenvalue weighted by Gasteiger charge is -2.07. The molecule has 1 N–H and O–H groups in total. The Labute approximate surface area is 81.8 Å². The molecule has 0 amide bonds. The second-order valence-corrected chi connectivity index (χ2v) is 4.77. The molecule has 4 heteroatoms. The van der Waals surface area contributed by atoms with E-state index in [1.165, 1.54) is 6.42 Å². The molecule has 0 bridgehead atoms. The number of aromatic nitrogens is 1. The summed E-state index contributed by atoms with van der Waals surface area (Å²) in [5.74, 6) is 0. The van der Waals surface area contributed by atoms with Crippen LogP contribution in [-0.2, 0) is 0 Å². The summed E-state index contributed by atoms with van der Waals surface area (Å²) in [6.07, 6.45) is 5.17. The lowest BCUT2D eigenvalue weighted by molar-refractivity contribution is 0.853. The minimum atomic E-state index is 0.734. The Morgan fingerprint density at radius 2 is 2.58 bits per heavy atom. The van der Waals surface area contributed by atoms with Crippen molar-refractivity contribution in [3.63, 3.8) is 0 Å². The SMILES string of the molecule is CSC(C)CCNc1nccs1. The normalized spacial score (nSPS) is 12.8. The number of nitrogens with one attached hydrogen (secondary N) is 1. The Kier molecular flexibility index (Phi) is 4.46. The van der Waals surface area contributed by atoms with Crippen molar-refractivity contribution < 1.29 is 0 Å². The van der Waals surface area contributed by atoms with E-state index < -0.39 is 0 Å². The van der Waals surface area contributed by atoms with E-state index in [9.17, 15) is 0 Å². The second kappa shape index (κ2) is 5.43. The fraction of sp³-hybridized carbons (Fsp3) is 0.625. The first kappa shape index (κ1) is 9.86. The third kappa shape index (κ3) is 3.45. The first-order valence-corrected chi connectivity index (χ1v) is 6.16. The summed E-state index contributed by atoms with van der Waals surface area (Å²) in [5, 5.41) is 7.03. The van der Waals surface area contributed by atoms with Crippen molar-refractivity contribution in [1.29, 1.82) is 0 Å². The van der Waals surface area contributed by atoms with Gasteiger partial charge in [-0.05, 0) is 12.7 Å². The molecule has 0 aromatic carbocycles. The highest BCUT2D eigenvalue weighted by atomic mass is 32.2. The van der Waals surface area contributed by atoms with Gasteiger partial charge in [0, 0.05) is 23.4 Å². The van der Waals surface area contributed by atoms with Gasteiger partial charge in [-0.15, -0.1) is 11.3 Å². The number of thiazole rings is 1.